The van der Waals surface area contributed by atoms with Crippen molar-refractivity contribution in [2.45, 2.75) is 32.1 Å². The van der Waals surface area contributed by atoms with Gasteiger partial charge in [0.1, 0.15) is 0 Å². The number of hydrogen-bond acceptors (Lipinski definition) is 2. The van der Waals surface area contributed by atoms with Gasteiger partial charge in [-0.15, -0.1) is 0 Å². The lowest BCUT2D eigenvalue weighted by molar-refractivity contribution is -0.121. The lowest BCUT2D eigenvalue weighted by Gasteiger charge is -2.10. The predicted octanol–water partition coefficient (Wildman–Crippen LogP) is 2.27. The fourth-order valence-corrected chi connectivity index (χ4v) is 2.29. The molecule has 0 aromatic heterocycles. The molecule has 1 aliphatic carbocycles. The summed E-state index contributed by atoms with van der Waals surface area (Å²) in [6.45, 7) is 2.73. The molecule has 1 amide bonds. The van der Waals surface area contributed by atoms with Crippen LogP contribution in [0.1, 0.15) is 48.0 Å². The minimum absolute atomic E-state index is 0.0429. The van der Waals surface area contributed by atoms with Gasteiger partial charge in [0.05, 0.1) is 0 Å². The highest BCUT2D eigenvalue weighted by molar-refractivity contribution is 6.01. The summed E-state index contributed by atoms with van der Waals surface area (Å²) in [5.41, 5.74) is 1.82. The van der Waals surface area contributed by atoms with E-state index >= 15 is 0 Å². The Morgan fingerprint density at radius 3 is 2.94 bits per heavy atom. The molecule has 0 heterocycles. The number of nitrogens with one attached hydrogen (secondary N) is 1. The van der Waals surface area contributed by atoms with E-state index < -0.39 is 0 Å². The smallest absolute Gasteiger partial charge is 0.220 e. The quantitative estimate of drug-likeness (QED) is 0.864. The molecule has 1 aromatic carbocycles. The Morgan fingerprint density at radius 2 is 2.18 bits per heavy atom. The van der Waals surface area contributed by atoms with Crippen LogP contribution in [0, 0.1) is 0 Å². The molecule has 0 unspecified atom stereocenters. The maximum absolute atomic E-state index is 11.7. The zero-order valence-corrected chi connectivity index (χ0v) is 10.0. The summed E-state index contributed by atoms with van der Waals surface area (Å²) in [6, 6.07) is 7.60. The monoisotopic (exact) mass is 231 g/mol. The molecule has 0 aliphatic heterocycles. The van der Waals surface area contributed by atoms with Gasteiger partial charge in [0.2, 0.25) is 5.91 Å². The van der Waals surface area contributed by atoms with Crippen LogP contribution in [0.5, 0.6) is 0 Å². The number of rotatable bonds is 4. The van der Waals surface area contributed by atoms with Crippen molar-refractivity contribution in [2.75, 3.05) is 6.54 Å². The number of fused-ring (bicyclic) bond motifs is 1. The Hall–Kier alpha value is -1.64. The maximum Gasteiger partial charge on any atom is 0.220 e. The highest BCUT2D eigenvalue weighted by Gasteiger charge is 2.30. The van der Waals surface area contributed by atoms with E-state index in [1.54, 1.807) is 0 Å². The minimum Gasteiger partial charge on any atom is -0.356 e. The molecule has 0 saturated carbocycles. The summed E-state index contributed by atoms with van der Waals surface area (Å²) < 4.78 is 0. The van der Waals surface area contributed by atoms with Crippen molar-refractivity contribution in [1.82, 2.24) is 5.32 Å². The first-order valence-corrected chi connectivity index (χ1v) is 6.11. The maximum atomic E-state index is 11.7. The van der Waals surface area contributed by atoms with E-state index in [1.807, 2.05) is 31.2 Å². The summed E-state index contributed by atoms with van der Waals surface area (Å²) >= 11 is 0. The molecule has 1 atom stereocenters. The first-order chi connectivity index (χ1) is 8.22. The molecule has 0 saturated heterocycles. The minimum atomic E-state index is 0.0429. The van der Waals surface area contributed by atoms with Gasteiger partial charge < -0.3 is 5.32 Å². The van der Waals surface area contributed by atoms with Gasteiger partial charge in [-0.2, -0.15) is 0 Å². The van der Waals surface area contributed by atoms with Gasteiger partial charge in [-0.25, -0.2) is 0 Å². The normalized spacial score (nSPS) is 17.9. The lowest BCUT2D eigenvalue weighted by Crippen LogP contribution is -2.25. The van der Waals surface area contributed by atoms with Crippen molar-refractivity contribution in [1.29, 1.82) is 0 Å². The van der Waals surface area contributed by atoms with E-state index in [-0.39, 0.29) is 17.6 Å². The zero-order valence-electron chi connectivity index (χ0n) is 10.0. The number of hydrogen-bond donors (Lipinski definition) is 1. The second-order valence-electron chi connectivity index (χ2n) is 4.47. The highest BCUT2D eigenvalue weighted by Crippen LogP contribution is 2.34. The third kappa shape index (κ3) is 2.54. The first kappa shape index (κ1) is 11.8. The van der Waals surface area contributed by atoms with Gasteiger partial charge in [0.15, 0.2) is 5.78 Å². The molecular weight excluding hydrogens is 214 g/mol. The second-order valence-corrected chi connectivity index (χ2v) is 4.47. The Bertz CT molecular complexity index is 440. The number of carbonyl (C=O) groups is 2. The molecule has 90 valence electrons. The van der Waals surface area contributed by atoms with Crippen molar-refractivity contribution in [3.05, 3.63) is 35.4 Å². The van der Waals surface area contributed by atoms with Crippen molar-refractivity contribution in [3.63, 3.8) is 0 Å². The Labute approximate surface area is 101 Å². The molecule has 17 heavy (non-hydrogen) atoms. The van der Waals surface area contributed by atoms with E-state index in [0.29, 0.717) is 19.4 Å². The van der Waals surface area contributed by atoms with Gasteiger partial charge in [-0.3, -0.25) is 9.59 Å². The third-order valence-corrected chi connectivity index (χ3v) is 3.14. The zero-order chi connectivity index (χ0) is 12.3. The molecular formula is C14H17NO2. The molecule has 1 aliphatic rings. The van der Waals surface area contributed by atoms with Gasteiger partial charge >= 0.3 is 0 Å². The summed E-state index contributed by atoms with van der Waals surface area (Å²) in [7, 11) is 0. The van der Waals surface area contributed by atoms with Crippen LogP contribution in [-0.4, -0.2) is 18.2 Å². The number of ketones is 1. The first-order valence-electron chi connectivity index (χ1n) is 6.11. The molecule has 0 radical (unpaired) electrons. The van der Waals surface area contributed by atoms with Crippen LogP contribution in [0.3, 0.4) is 0 Å². The lowest BCUT2D eigenvalue weighted by atomic mass is 9.97. The standard InChI is InChI=1S/C14H17NO2/c1-2-7-15-14(17)9-10-8-13(16)12-6-4-3-5-11(10)12/h3-6,10H,2,7-9H2,1H3,(H,15,17)/t10-/m1/s1. The predicted molar refractivity (Wildman–Crippen MR) is 66.0 cm³/mol. The Balaban J connectivity index is 2.05. The van der Waals surface area contributed by atoms with Gasteiger partial charge in [0, 0.05) is 30.9 Å². The van der Waals surface area contributed by atoms with Crippen molar-refractivity contribution in [2.24, 2.45) is 0 Å². The van der Waals surface area contributed by atoms with Crippen LogP contribution < -0.4 is 5.32 Å². The number of Topliss-reactive ketones (excluding diaryl/α,β-unsaturated/α-hetero) is 1. The van der Waals surface area contributed by atoms with E-state index in [9.17, 15) is 9.59 Å². The van der Waals surface area contributed by atoms with Crippen LogP contribution in [0.2, 0.25) is 0 Å². The Morgan fingerprint density at radius 1 is 1.41 bits per heavy atom. The SMILES string of the molecule is CCCNC(=O)C[C@H]1CC(=O)c2ccccc21. The largest absolute Gasteiger partial charge is 0.356 e. The molecule has 3 heteroatoms. The molecule has 0 fully saturated rings. The van der Waals surface area contributed by atoms with Gasteiger partial charge in [0.25, 0.3) is 0 Å². The van der Waals surface area contributed by atoms with E-state index in [0.717, 1.165) is 17.5 Å². The summed E-state index contributed by atoms with van der Waals surface area (Å²) in [5, 5.41) is 2.85. The van der Waals surface area contributed by atoms with Gasteiger partial charge in [-0.05, 0) is 12.0 Å². The van der Waals surface area contributed by atoms with E-state index in [2.05, 4.69) is 5.32 Å². The summed E-state index contributed by atoms with van der Waals surface area (Å²) in [6.07, 6.45) is 1.83. The second kappa shape index (κ2) is 5.13. The van der Waals surface area contributed by atoms with E-state index in [1.165, 1.54) is 0 Å². The van der Waals surface area contributed by atoms with Gasteiger partial charge in [-0.1, -0.05) is 31.2 Å². The van der Waals surface area contributed by atoms with Crippen molar-refractivity contribution < 1.29 is 9.59 Å². The van der Waals surface area contributed by atoms with Crippen LogP contribution in [0.4, 0.5) is 0 Å². The molecule has 0 spiro atoms. The highest BCUT2D eigenvalue weighted by atomic mass is 16.1. The fraction of sp³-hybridized carbons (Fsp3) is 0.429. The summed E-state index contributed by atoms with van der Waals surface area (Å²) in [5.74, 6) is 0.269. The molecule has 2 rings (SSSR count). The average molecular weight is 231 g/mol. The van der Waals surface area contributed by atoms with Crippen LogP contribution in [-0.2, 0) is 4.79 Å². The fourth-order valence-electron chi connectivity index (χ4n) is 2.29. The Kier molecular flexibility index (Phi) is 3.57. The van der Waals surface area contributed by atoms with Crippen LogP contribution >= 0.6 is 0 Å². The van der Waals surface area contributed by atoms with E-state index in [4.69, 9.17) is 0 Å². The number of carbonyl (C=O) groups excluding carboxylic acids is 2. The number of amides is 1. The average Bonchev–Trinajstić information content (AvgIpc) is 2.65. The van der Waals surface area contributed by atoms with Crippen LogP contribution in [0.25, 0.3) is 0 Å². The number of benzene rings is 1. The molecule has 1 N–H and O–H groups in total. The van der Waals surface area contributed by atoms with Crippen LogP contribution in [0.15, 0.2) is 24.3 Å². The van der Waals surface area contributed by atoms with Crippen molar-refractivity contribution in [3.8, 4) is 0 Å². The molecule has 3 nitrogen and oxygen atoms in total. The van der Waals surface area contributed by atoms with Crippen molar-refractivity contribution >= 4 is 11.7 Å². The topological polar surface area (TPSA) is 46.2 Å². The summed E-state index contributed by atoms with van der Waals surface area (Å²) in [4.78, 5) is 23.4. The molecule has 1 aromatic rings. The molecule has 0 bridgehead atoms. The third-order valence-electron chi connectivity index (χ3n) is 3.14.